The average molecular weight is 279 g/mol. The summed E-state index contributed by atoms with van der Waals surface area (Å²) in [6.45, 7) is 2.82. The van der Waals surface area contributed by atoms with Crippen LogP contribution in [0.1, 0.15) is 19.8 Å². The lowest BCUT2D eigenvalue weighted by Gasteiger charge is -2.08. The molecule has 0 spiro atoms. The third-order valence-corrected chi connectivity index (χ3v) is 2.49. The van der Waals surface area contributed by atoms with Gasteiger partial charge in [-0.25, -0.2) is 9.97 Å². The molecule has 14 heavy (non-hydrogen) atoms. The summed E-state index contributed by atoms with van der Waals surface area (Å²) < 4.78 is 0.874. The highest BCUT2D eigenvalue weighted by molar-refractivity contribution is 9.10. The van der Waals surface area contributed by atoms with Crippen LogP contribution in [0.15, 0.2) is 16.9 Å². The van der Waals surface area contributed by atoms with Gasteiger partial charge in [0.05, 0.1) is 9.85 Å². The van der Waals surface area contributed by atoms with Gasteiger partial charge in [-0.05, 0) is 22.4 Å². The van der Waals surface area contributed by atoms with Crippen molar-refractivity contribution in [1.29, 1.82) is 0 Å². The van der Waals surface area contributed by atoms with Gasteiger partial charge in [-0.15, -0.1) is 11.6 Å². The summed E-state index contributed by atoms with van der Waals surface area (Å²) in [6, 6.07) is 0. The second kappa shape index (κ2) is 6.19. The zero-order valence-electron chi connectivity index (χ0n) is 8.00. The monoisotopic (exact) mass is 277 g/mol. The Morgan fingerprint density at radius 1 is 1.50 bits per heavy atom. The first-order chi connectivity index (χ1) is 6.72. The number of halogens is 2. The number of nitrogens with zero attached hydrogens (tertiary/aromatic N) is 2. The first kappa shape index (κ1) is 11.7. The van der Waals surface area contributed by atoms with E-state index in [9.17, 15) is 0 Å². The number of alkyl halides is 1. The molecular weight excluding hydrogens is 265 g/mol. The number of hydrogen-bond acceptors (Lipinski definition) is 3. The maximum Gasteiger partial charge on any atom is 0.222 e. The molecule has 0 aliphatic rings. The number of nitrogens with one attached hydrogen (secondary N) is 1. The Bertz CT molecular complexity index is 265. The molecule has 5 heteroatoms. The highest BCUT2D eigenvalue weighted by Crippen LogP contribution is 2.09. The number of anilines is 1. The van der Waals surface area contributed by atoms with E-state index in [4.69, 9.17) is 11.6 Å². The van der Waals surface area contributed by atoms with E-state index in [1.807, 2.05) is 0 Å². The first-order valence-corrected chi connectivity index (χ1v) is 5.80. The summed E-state index contributed by atoms with van der Waals surface area (Å²) in [5, 5.41) is 3.23. The molecule has 0 aromatic carbocycles. The van der Waals surface area contributed by atoms with Crippen molar-refractivity contribution in [2.45, 2.75) is 25.1 Å². The van der Waals surface area contributed by atoms with Crippen molar-refractivity contribution < 1.29 is 0 Å². The maximum atomic E-state index is 6.03. The predicted molar refractivity (Wildman–Crippen MR) is 62.8 cm³/mol. The van der Waals surface area contributed by atoms with Gasteiger partial charge in [0, 0.05) is 18.9 Å². The Labute approximate surface area is 97.4 Å². The maximum absolute atomic E-state index is 6.03. The van der Waals surface area contributed by atoms with Crippen molar-refractivity contribution in [2.75, 3.05) is 11.9 Å². The summed E-state index contributed by atoms with van der Waals surface area (Å²) in [5.41, 5.74) is 0. The lowest BCUT2D eigenvalue weighted by atomic mass is 10.2. The van der Waals surface area contributed by atoms with Crippen LogP contribution in [0.2, 0.25) is 0 Å². The van der Waals surface area contributed by atoms with E-state index in [0.717, 1.165) is 17.3 Å². The van der Waals surface area contributed by atoms with E-state index < -0.39 is 0 Å². The second-order valence-electron chi connectivity index (χ2n) is 2.99. The molecular formula is C9H13BrClN3. The van der Waals surface area contributed by atoms with Gasteiger partial charge in [0.1, 0.15) is 0 Å². The molecule has 1 rings (SSSR count). The van der Waals surface area contributed by atoms with Crippen LogP contribution in [0, 0.1) is 0 Å². The van der Waals surface area contributed by atoms with Crippen molar-refractivity contribution in [3.8, 4) is 0 Å². The highest BCUT2D eigenvalue weighted by Gasteiger charge is 2.03. The molecule has 0 saturated carbocycles. The summed E-state index contributed by atoms with van der Waals surface area (Å²) in [7, 11) is 0. The van der Waals surface area contributed by atoms with Crippen LogP contribution in [0.5, 0.6) is 0 Å². The molecule has 0 amide bonds. The van der Waals surface area contributed by atoms with Gasteiger partial charge in [0.15, 0.2) is 0 Å². The van der Waals surface area contributed by atoms with Gasteiger partial charge < -0.3 is 5.32 Å². The molecule has 0 aliphatic carbocycles. The molecule has 0 fully saturated rings. The number of aromatic nitrogens is 2. The van der Waals surface area contributed by atoms with Crippen molar-refractivity contribution in [1.82, 2.24) is 9.97 Å². The normalized spacial score (nSPS) is 12.5. The Kier molecular flexibility index (Phi) is 5.19. The van der Waals surface area contributed by atoms with Crippen molar-refractivity contribution in [3.63, 3.8) is 0 Å². The third-order valence-electron chi connectivity index (χ3n) is 1.70. The second-order valence-corrected chi connectivity index (χ2v) is 4.52. The molecule has 0 radical (unpaired) electrons. The smallest absolute Gasteiger partial charge is 0.222 e. The van der Waals surface area contributed by atoms with Crippen LogP contribution < -0.4 is 5.32 Å². The van der Waals surface area contributed by atoms with Crippen molar-refractivity contribution in [2.24, 2.45) is 0 Å². The molecule has 78 valence electrons. The minimum absolute atomic E-state index is 0.146. The van der Waals surface area contributed by atoms with E-state index in [1.54, 1.807) is 12.4 Å². The third kappa shape index (κ3) is 4.24. The number of hydrogen-bond donors (Lipinski definition) is 1. The molecule has 3 nitrogen and oxygen atoms in total. The fourth-order valence-electron chi connectivity index (χ4n) is 1.02. The van der Waals surface area contributed by atoms with Crippen LogP contribution in [-0.2, 0) is 0 Å². The number of rotatable bonds is 5. The van der Waals surface area contributed by atoms with Gasteiger partial charge in [0.25, 0.3) is 0 Å². The van der Waals surface area contributed by atoms with E-state index in [-0.39, 0.29) is 5.38 Å². The zero-order chi connectivity index (χ0) is 10.4. The largest absolute Gasteiger partial charge is 0.353 e. The van der Waals surface area contributed by atoms with E-state index in [0.29, 0.717) is 12.5 Å². The fraction of sp³-hybridized carbons (Fsp3) is 0.556. The molecule has 1 unspecified atom stereocenters. The van der Waals surface area contributed by atoms with E-state index >= 15 is 0 Å². The van der Waals surface area contributed by atoms with Crippen LogP contribution >= 0.6 is 27.5 Å². The topological polar surface area (TPSA) is 37.8 Å². The molecule has 1 atom stereocenters. The van der Waals surface area contributed by atoms with Crippen LogP contribution in [0.3, 0.4) is 0 Å². The van der Waals surface area contributed by atoms with Gasteiger partial charge in [-0.2, -0.15) is 0 Å². The van der Waals surface area contributed by atoms with Crippen molar-refractivity contribution >= 4 is 33.5 Å². The van der Waals surface area contributed by atoms with Crippen LogP contribution in [0.25, 0.3) is 0 Å². The first-order valence-electron chi connectivity index (χ1n) is 4.58. The minimum Gasteiger partial charge on any atom is -0.353 e. The molecule has 1 heterocycles. The molecule has 1 aromatic heterocycles. The summed E-state index contributed by atoms with van der Waals surface area (Å²) in [6.07, 6.45) is 5.51. The Hall–Kier alpha value is -0.350. The van der Waals surface area contributed by atoms with Gasteiger partial charge in [-0.3, -0.25) is 0 Å². The van der Waals surface area contributed by atoms with Crippen molar-refractivity contribution in [3.05, 3.63) is 16.9 Å². The Balaban J connectivity index is 2.34. The Morgan fingerprint density at radius 3 is 2.71 bits per heavy atom. The molecule has 1 aromatic rings. The quantitative estimate of drug-likeness (QED) is 0.841. The van der Waals surface area contributed by atoms with Gasteiger partial charge in [0.2, 0.25) is 5.95 Å². The highest BCUT2D eigenvalue weighted by atomic mass is 79.9. The van der Waals surface area contributed by atoms with Gasteiger partial charge >= 0.3 is 0 Å². The molecule has 1 N–H and O–H groups in total. The molecule has 0 saturated heterocycles. The summed E-state index contributed by atoms with van der Waals surface area (Å²) >= 11 is 9.31. The zero-order valence-corrected chi connectivity index (χ0v) is 10.3. The predicted octanol–water partition coefficient (Wildman–Crippen LogP) is 3.06. The average Bonchev–Trinajstić information content (AvgIpc) is 2.17. The fourth-order valence-corrected chi connectivity index (χ4v) is 1.52. The lowest BCUT2D eigenvalue weighted by molar-refractivity contribution is 0.748. The molecule has 0 aliphatic heterocycles. The standard InChI is InChI=1S/C9H13BrClN3/c1-2-3-8(11)6-14-9-12-4-7(10)5-13-9/h4-5,8H,2-3,6H2,1H3,(H,12,13,14). The minimum atomic E-state index is 0.146. The molecule has 0 bridgehead atoms. The van der Waals surface area contributed by atoms with Crippen LogP contribution in [-0.4, -0.2) is 21.9 Å². The summed E-state index contributed by atoms with van der Waals surface area (Å²) in [5.74, 6) is 0.620. The van der Waals surface area contributed by atoms with Gasteiger partial charge in [-0.1, -0.05) is 13.3 Å². The van der Waals surface area contributed by atoms with Crippen LogP contribution in [0.4, 0.5) is 5.95 Å². The Morgan fingerprint density at radius 2 is 2.14 bits per heavy atom. The summed E-state index contributed by atoms with van der Waals surface area (Å²) in [4.78, 5) is 8.17. The lowest BCUT2D eigenvalue weighted by Crippen LogP contribution is -2.15. The SMILES string of the molecule is CCCC(Cl)CNc1ncc(Br)cn1. The van der Waals surface area contributed by atoms with E-state index in [1.165, 1.54) is 0 Å². The van der Waals surface area contributed by atoms with E-state index in [2.05, 4.69) is 38.1 Å².